The van der Waals surface area contributed by atoms with E-state index in [1.54, 1.807) is 54.6 Å². The van der Waals surface area contributed by atoms with Crippen LogP contribution in [0.4, 0.5) is 11.4 Å². The second-order valence-corrected chi connectivity index (χ2v) is 8.70. The first-order valence-corrected chi connectivity index (χ1v) is 12.1. The van der Waals surface area contributed by atoms with E-state index in [0.717, 1.165) is 10.3 Å². The Balaban J connectivity index is 1.42. The van der Waals surface area contributed by atoms with Crippen LogP contribution < -0.4 is 14.4 Å². The quantitative estimate of drug-likeness (QED) is 0.180. The number of hydrogen-bond donors (Lipinski definition) is 0. The number of carbonyl (C=O) groups excluding carboxylic acids is 3. The molecule has 0 N–H and O–H groups in total. The molecule has 0 saturated heterocycles. The summed E-state index contributed by atoms with van der Waals surface area (Å²) in [5, 5.41) is 12.8. The SMILES string of the molecule is COc1ccccc1N(CCN1C(=O)c2cccc3cccc(c23)C1=O)C(=O)COc1ccccc1[N+](=O)[O-]. The van der Waals surface area contributed by atoms with Crippen molar-refractivity contribution >= 4 is 39.9 Å². The normalized spacial score (nSPS) is 12.4. The number of ether oxygens (including phenoxy) is 2. The molecule has 10 nitrogen and oxygen atoms in total. The smallest absolute Gasteiger partial charge is 0.310 e. The number of para-hydroxylation sites is 4. The lowest BCUT2D eigenvalue weighted by atomic mass is 9.94. The predicted octanol–water partition coefficient (Wildman–Crippen LogP) is 4.46. The monoisotopic (exact) mass is 525 g/mol. The number of methoxy groups -OCH3 is 1. The van der Waals surface area contributed by atoms with Crippen LogP contribution in [0.15, 0.2) is 84.9 Å². The number of anilines is 1. The maximum Gasteiger partial charge on any atom is 0.310 e. The summed E-state index contributed by atoms with van der Waals surface area (Å²) < 4.78 is 11.0. The maximum atomic E-state index is 13.4. The van der Waals surface area contributed by atoms with E-state index in [2.05, 4.69) is 0 Å². The molecule has 0 aromatic heterocycles. The summed E-state index contributed by atoms with van der Waals surface area (Å²) in [6.07, 6.45) is 0. The zero-order valence-corrected chi connectivity index (χ0v) is 20.9. The van der Waals surface area contributed by atoms with E-state index in [1.165, 1.54) is 30.2 Å². The van der Waals surface area contributed by atoms with Crippen LogP contribution in [0.3, 0.4) is 0 Å². The molecular formula is C29H23N3O7. The molecule has 39 heavy (non-hydrogen) atoms. The summed E-state index contributed by atoms with van der Waals surface area (Å²) in [7, 11) is 1.46. The van der Waals surface area contributed by atoms with Gasteiger partial charge in [-0.2, -0.15) is 0 Å². The Hall–Kier alpha value is -5.25. The van der Waals surface area contributed by atoms with Gasteiger partial charge in [-0.25, -0.2) is 0 Å². The van der Waals surface area contributed by atoms with Crippen molar-refractivity contribution in [2.45, 2.75) is 0 Å². The molecule has 0 bridgehead atoms. The third-order valence-corrected chi connectivity index (χ3v) is 6.49. The lowest BCUT2D eigenvalue weighted by molar-refractivity contribution is -0.385. The molecule has 0 atom stereocenters. The highest BCUT2D eigenvalue weighted by atomic mass is 16.6. The van der Waals surface area contributed by atoms with E-state index in [-0.39, 0.29) is 24.5 Å². The van der Waals surface area contributed by atoms with Crippen molar-refractivity contribution in [3.05, 3.63) is 106 Å². The fourth-order valence-electron chi connectivity index (χ4n) is 4.66. The van der Waals surface area contributed by atoms with Crippen LogP contribution in [0.2, 0.25) is 0 Å². The molecule has 1 aliphatic heterocycles. The van der Waals surface area contributed by atoms with Gasteiger partial charge >= 0.3 is 5.69 Å². The van der Waals surface area contributed by atoms with Crippen LogP contribution in [-0.2, 0) is 4.79 Å². The summed E-state index contributed by atoms with van der Waals surface area (Å²) in [5.74, 6) is -1.11. The molecule has 0 fully saturated rings. The molecule has 5 rings (SSSR count). The summed E-state index contributed by atoms with van der Waals surface area (Å²) >= 11 is 0. The van der Waals surface area contributed by atoms with Crippen molar-refractivity contribution in [1.29, 1.82) is 0 Å². The molecule has 196 valence electrons. The Labute approximate surface area is 223 Å². The lowest BCUT2D eigenvalue weighted by Gasteiger charge is -2.30. The molecule has 4 aromatic rings. The van der Waals surface area contributed by atoms with E-state index in [1.807, 2.05) is 12.1 Å². The van der Waals surface area contributed by atoms with Crippen molar-refractivity contribution < 1.29 is 28.8 Å². The first-order valence-electron chi connectivity index (χ1n) is 12.1. The number of imide groups is 1. The number of nitro benzene ring substituents is 1. The third-order valence-electron chi connectivity index (χ3n) is 6.49. The first kappa shape index (κ1) is 25.4. The average Bonchev–Trinajstić information content (AvgIpc) is 2.96. The van der Waals surface area contributed by atoms with Gasteiger partial charge in [0.25, 0.3) is 17.7 Å². The van der Waals surface area contributed by atoms with E-state index in [0.29, 0.717) is 28.0 Å². The topological polar surface area (TPSA) is 119 Å². The van der Waals surface area contributed by atoms with Crippen molar-refractivity contribution in [3.63, 3.8) is 0 Å². The molecule has 1 heterocycles. The minimum atomic E-state index is -0.593. The van der Waals surface area contributed by atoms with Gasteiger partial charge in [0.15, 0.2) is 12.4 Å². The predicted molar refractivity (Wildman–Crippen MR) is 143 cm³/mol. The number of hydrogen-bond acceptors (Lipinski definition) is 7. The van der Waals surface area contributed by atoms with Crippen LogP contribution in [0.5, 0.6) is 11.5 Å². The van der Waals surface area contributed by atoms with Crippen molar-refractivity contribution in [3.8, 4) is 11.5 Å². The van der Waals surface area contributed by atoms with Gasteiger partial charge in [0.2, 0.25) is 0 Å². The Morgan fingerprint density at radius 1 is 0.872 bits per heavy atom. The van der Waals surface area contributed by atoms with Gasteiger partial charge in [-0.3, -0.25) is 29.4 Å². The molecule has 0 saturated carbocycles. The second kappa shape index (κ2) is 10.6. The number of benzene rings is 4. The highest BCUT2D eigenvalue weighted by Crippen LogP contribution is 2.32. The van der Waals surface area contributed by atoms with Gasteiger partial charge in [0, 0.05) is 35.7 Å². The third kappa shape index (κ3) is 4.75. The van der Waals surface area contributed by atoms with Gasteiger partial charge in [-0.1, -0.05) is 48.5 Å². The van der Waals surface area contributed by atoms with Gasteiger partial charge in [-0.15, -0.1) is 0 Å². The van der Waals surface area contributed by atoms with E-state index < -0.39 is 29.3 Å². The maximum absolute atomic E-state index is 13.4. The van der Waals surface area contributed by atoms with Crippen molar-refractivity contribution in [2.75, 3.05) is 31.7 Å². The fourth-order valence-corrected chi connectivity index (χ4v) is 4.66. The second-order valence-electron chi connectivity index (χ2n) is 8.70. The number of carbonyl (C=O) groups is 3. The van der Waals surface area contributed by atoms with E-state index >= 15 is 0 Å². The lowest BCUT2D eigenvalue weighted by Crippen LogP contribution is -2.46. The van der Waals surface area contributed by atoms with Crippen LogP contribution in [0.1, 0.15) is 20.7 Å². The molecule has 0 aliphatic carbocycles. The van der Waals surface area contributed by atoms with Crippen LogP contribution in [0, 0.1) is 10.1 Å². The molecule has 0 radical (unpaired) electrons. The Morgan fingerprint density at radius 3 is 2.13 bits per heavy atom. The Morgan fingerprint density at radius 2 is 1.49 bits per heavy atom. The van der Waals surface area contributed by atoms with Gasteiger partial charge in [-0.05, 0) is 35.7 Å². The number of nitro groups is 1. The summed E-state index contributed by atoms with van der Waals surface area (Å²) in [6, 6.07) is 23.1. The summed E-state index contributed by atoms with van der Waals surface area (Å²) in [4.78, 5) is 53.4. The average molecular weight is 526 g/mol. The number of nitrogens with zero attached hydrogens (tertiary/aromatic N) is 3. The zero-order valence-electron chi connectivity index (χ0n) is 20.9. The van der Waals surface area contributed by atoms with Crippen molar-refractivity contribution in [2.24, 2.45) is 0 Å². The highest BCUT2D eigenvalue weighted by molar-refractivity contribution is 6.25. The first-order chi connectivity index (χ1) is 18.9. The highest BCUT2D eigenvalue weighted by Gasteiger charge is 2.33. The zero-order chi connectivity index (χ0) is 27.5. The van der Waals surface area contributed by atoms with Crippen LogP contribution in [0.25, 0.3) is 10.8 Å². The van der Waals surface area contributed by atoms with E-state index in [4.69, 9.17) is 9.47 Å². The van der Waals surface area contributed by atoms with E-state index in [9.17, 15) is 24.5 Å². The standard InChI is InChI=1S/C29H23N3O7/c1-38-24-14-4-2-12-22(24)30(26(33)18-39-25-15-5-3-13-23(25)32(36)37)16-17-31-28(34)20-10-6-8-19-9-7-11-21(27(19)20)29(31)35/h2-15H,16-18H2,1H3. The van der Waals surface area contributed by atoms with Gasteiger partial charge in [0.1, 0.15) is 5.75 Å². The van der Waals surface area contributed by atoms with Crippen molar-refractivity contribution in [1.82, 2.24) is 4.90 Å². The van der Waals surface area contributed by atoms with Gasteiger partial charge in [0.05, 0.1) is 17.7 Å². The van der Waals surface area contributed by atoms with Crippen LogP contribution >= 0.6 is 0 Å². The Bertz CT molecular complexity index is 1570. The minimum Gasteiger partial charge on any atom is -0.495 e. The molecule has 0 spiro atoms. The van der Waals surface area contributed by atoms with Crippen LogP contribution in [-0.4, -0.2) is 54.4 Å². The molecule has 3 amide bonds. The molecule has 10 heteroatoms. The fraction of sp³-hybridized carbons (Fsp3) is 0.138. The minimum absolute atomic E-state index is 0.0538. The summed E-state index contributed by atoms with van der Waals surface area (Å²) in [6.45, 7) is -0.681. The molecule has 0 unspecified atom stereocenters. The Kier molecular flexibility index (Phi) is 6.92. The van der Waals surface area contributed by atoms with Gasteiger partial charge < -0.3 is 14.4 Å². The molecular weight excluding hydrogens is 502 g/mol. The summed E-state index contributed by atoms with van der Waals surface area (Å²) in [5.41, 5.74) is 0.956. The molecule has 1 aliphatic rings. The molecule has 4 aromatic carbocycles. The largest absolute Gasteiger partial charge is 0.495 e. The number of rotatable bonds is 9. The number of amides is 3.